The molecule has 1 fully saturated rings. The normalized spacial score (nSPS) is 16.3. The molecule has 0 aliphatic heterocycles. The van der Waals surface area contributed by atoms with Crippen LogP contribution in [0.4, 0.5) is 36.6 Å². The van der Waals surface area contributed by atoms with E-state index in [2.05, 4.69) is 15.3 Å². The average Bonchev–Trinajstić information content (AvgIpc) is 2.80. The summed E-state index contributed by atoms with van der Waals surface area (Å²) < 4.78 is 111. The molecule has 0 bridgehead atoms. The Bertz CT molecular complexity index is 1330. The number of nitrogens with zero attached hydrogens (tertiary/aromatic N) is 2. The number of halogens is 7. The fourth-order valence-electron chi connectivity index (χ4n) is 4.14. The second-order valence-corrected chi connectivity index (χ2v) is 8.97. The number of rotatable bonds is 9. The third kappa shape index (κ3) is 6.03. The zero-order valence-electron chi connectivity index (χ0n) is 20.6. The second kappa shape index (κ2) is 10.4. The van der Waals surface area contributed by atoms with Gasteiger partial charge in [0.05, 0.1) is 36.9 Å². The van der Waals surface area contributed by atoms with Crippen molar-refractivity contribution in [3.63, 3.8) is 0 Å². The number of hydrogen-bond acceptors (Lipinski definition) is 6. The van der Waals surface area contributed by atoms with Crippen molar-refractivity contribution in [1.29, 1.82) is 0 Å². The first-order chi connectivity index (χ1) is 17.8. The highest BCUT2D eigenvalue weighted by molar-refractivity contribution is 5.92. The molecular weight excluding hydrogens is 523 g/mol. The summed E-state index contributed by atoms with van der Waals surface area (Å²) in [7, 11) is 1.40. The summed E-state index contributed by atoms with van der Waals surface area (Å²) in [4.78, 5) is 8.62. The van der Waals surface area contributed by atoms with E-state index in [1.807, 2.05) is 0 Å². The zero-order valence-corrected chi connectivity index (χ0v) is 20.6. The number of fused-ring (bicyclic) bond motifs is 1. The molecule has 13 heteroatoms. The molecule has 2 aromatic carbocycles. The number of aryl methyl sites for hydroxylation is 1. The largest absolute Gasteiger partial charge is 0.493 e. The first-order valence-electron chi connectivity index (χ1n) is 11.6. The standard InChI is InChI=1S/C25H24F7N3O3/c1-12(16-6-14(26)7-18(22(16)27)25(30,31)32)33-23-17-8-21(20(36-3)9-19(17)34-13(2)35-23)38-5-4-37-15-10-24(28,29)11-15/h6-9,12,15H,4-5,10-11H2,1-3H3,(H,33,34,35)/t12-/m1/s1. The van der Waals surface area contributed by atoms with Gasteiger partial charge in [-0.05, 0) is 32.0 Å². The number of alkyl halides is 5. The third-order valence-electron chi connectivity index (χ3n) is 6.03. The number of ether oxygens (including phenoxy) is 3. The molecule has 1 aliphatic rings. The van der Waals surface area contributed by atoms with Gasteiger partial charge < -0.3 is 19.5 Å². The Morgan fingerprint density at radius 1 is 1.05 bits per heavy atom. The van der Waals surface area contributed by atoms with E-state index in [4.69, 9.17) is 14.2 Å². The second-order valence-electron chi connectivity index (χ2n) is 8.97. The van der Waals surface area contributed by atoms with Crippen LogP contribution in [0.2, 0.25) is 0 Å². The van der Waals surface area contributed by atoms with Gasteiger partial charge in [-0.2, -0.15) is 13.2 Å². The van der Waals surface area contributed by atoms with Gasteiger partial charge in [0.15, 0.2) is 11.5 Å². The quantitative estimate of drug-likeness (QED) is 0.240. The van der Waals surface area contributed by atoms with E-state index in [9.17, 15) is 30.7 Å². The fourth-order valence-corrected chi connectivity index (χ4v) is 4.14. The van der Waals surface area contributed by atoms with E-state index in [-0.39, 0.29) is 43.7 Å². The smallest absolute Gasteiger partial charge is 0.419 e. The lowest BCUT2D eigenvalue weighted by atomic mass is 9.91. The number of aromatic nitrogens is 2. The average molecular weight is 547 g/mol. The van der Waals surface area contributed by atoms with Crippen molar-refractivity contribution in [2.45, 2.75) is 50.9 Å². The van der Waals surface area contributed by atoms with Crippen LogP contribution in [0.5, 0.6) is 11.5 Å². The highest BCUT2D eigenvalue weighted by Crippen LogP contribution is 2.40. The van der Waals surface area contributed by atoms with Crippen LogP contribution in [-0.2, 0) is 10.9 Å². The molecule has 0 radical (unpaired) electrons. The Balaban J connectivity index is 1.59. The van der Waals surface area contributed by atoms with Crippen LogP contribution in [0.1, 0.15) is 42.8 Å². The Kier molecular flexibility index (Phi) is 7.60. The van der Waals surface area contributed by atoms with Gasteiger partial charge in [0.2, 0.25) is 0 Å². The van der Waals surface area contributed by atoms with E-state index < -0.39 is 47.0 Å². The first-order valence-corrected chi connectivity index (χ1v) is 11.6. The molecule has 1 atom stereocenters. The zero-order chi connectivity index (χ0) is 27.8. The molecule has 206 valence electrons. The van der Waals surface area contributed by atoms with Crippen LogP contribution in [-0.4, -0.2) is 42.3 Å². The summed E-state index contributed by atoms with van der Waals surface area (Å²) in [6.45, 7) is 3.01. The van der Waals surface area contributed by atoms with Gasteiger partial charge in [-0.3, -0.25) is 0 Å². The van der Waals surface area contributed by atoms with E-state index >= 15 is 0 Å². The molecule has 0 saturated heterocycles. The number of anilines is 1. The molecule has 4 rings (SSSR count). The SMILES string of the molecule is COc1cc2nc(C)nc(N[C@H](C)c3cc(F)cc(C(F)(F)F)c3F)c2cc1OCCOC1CC(F)(F)C1. The van der Waals surface area contributed by atoms with E-state index in [0.717, 1.165) is 0 Å². The maximum atomic E-state index is 14.7. The molecule has 1 saturated carbocycles. The molecular formula is C25H24F7N3O3. The van der Waals surface area contributed by atoms with E-state index in [0.29, 0.717) is 28.5 Å². The molecule has 0 unspecified atom stereocenters. The minimum atomic E-state index is -5.08. The van der Waals surface area contributed by atoms with Crippen molar-refractivity contribution >= 4 is 16.7 Å². The predicted molar refractivity (Wildman–Crippen MR) is 124 cm³/mol. The number of methoxy groups -OCH3 is 1. The van der Waals surface area contributed by atoms with Crippen molar-refractivity contribution in [3.05, 3.63) is 52.9 Å². The Morgan fingerprint density at radius 3 is 2.39 bits per heavy atom. The summed E-state index contributed by atoms with van der Waals surface area (Å²) in [5.41, 5.74) is -1.86. The molecule has 3 aromatic rings. The topological polar surface area (TPSA) is 65.5 Å². The number of nitrogens with one attached hydrogen (secondary N) is 1. The molecule has 1 aromatic heterocycles. The van der Waals surface area contributed by atoms with Gasteiger partial charge in [0.25, 0.3) is 5.92 Å². The van der Waals surface area contributed by atoms with Crippen LogP contribution in [0.25, 0.3) is 10.9 Å². The summed E-state index contributed by atoms with van der Waals surface area (Å²) >= 11 is 0. The van der Waals surface area contributed by atoms with E-state index in [1.165, 1.54) is 20.1 Å². The minimum absolute atomic E-state index is 0.0184. The van der Waals surface area contributed by atoms with Gasteiger partial charge in [-0.1, -0.05) is 0 Å². The Morgan fingerprint density at radius 2 is 1.76 bits per heavy atom. The highest BCUT2D eigenvalue weighted by Gasteiger charge is 2.46. The maximum absolute atomic E-state index is 14.7. The molecule has 6 nitrogen and oxygen atoms in total. The molecule has 1 heterocycles. The van der Waals surface area contributed by atoms with Gasteiger partial charge in [0, 0.05) is 29.9 Å². The molecule has 1 aliphatic carbocycles. The van der Waals surface area contributed by atoms with Gasteiger partial charge in [0.1, 0.15) is 29.9 Å². The van der Waals surface area contributed by atoms with Crippen LogP contribution in [0.15, 0.2) is 24.3 Å². The molecule has 38 heavy (non-hydrogen) atoms. The predicted octanol–water partition coefficient (Wildman–Crippen LogP) is 6.61. The van der Waals surface area contributed by atoms with Crippen molar-refractivity contribution in [2.75, 3.05) is 25.6 Å². The lowest BCUT2D eigenvalue weighted by molar-refractivity contribution is -0.167. The van der Waals surface area contributed by atoms with Crippen molar-refractivity contribution in [2.24, 2.45) is 0 Å². The van der Waals surface area contributed by atoms with E-state index in [1.54, 1.807) is 13.0 Å². The number of benzene rings is 2. The monoisotopic (exact) mass is 547 g/mol. The van der Waals surface area contributed by atoms with Crippen LogP contribution in [0, 0.1) is 18.6 Å². The lowest BCUT2D eigenvalue weighted by Crippen LogP contribution is -2.41. The summed E-state index contributed by atoms with van der Waals surface area (Å²) in [6.07, 6.45) is -6.30. The van der Waals surface area contributed by atoms with Crippen molar-refractivity contribution in [1.82, 2.24) is 9.97 Å². The first kappa shape index (κ1) is 27.7. The molecule has 0 amide bonds. The number of hydrogen-bond donors (Lipinski definition) is 1. The van der Waals surface area contributed by atoms with Gasteiger partial charge >= 0.3 is 6.18 Å². The highest BCUT2D eigenvalue weighted by atomic mass is 19.4. The Labute approximate surface area is 213 Å². The summed E-state index contributed by atoms with van der Waals surface area (Å²) in [6, 6.07) is 2.74. The third-order valence-corrected chi connectivity index (χ3v) is 6.03. The van der Waals surface area contributed by atoms with Crippen LogP contribution in [0.3, 0.4) is 0 Å². The maximum Gasteiger partial charge on any atom is 0.419 e. The minimum Gasteiger partial charge on any atom is -0.493 e. The van der Waals surface area contributed by atoms with Gasteiger partial charge in [-0.15, -0.1) is 0 Å². The molecule has 1 N–H and O–H groups in total. The lowest BCUT2D eigenvalue weighted by Gasteiger charge is -2.34. The van der Waals surface area contributed by atoms with Crippen LogP contribution < -0.4 is 14.8 Å². The Hall–Kier alpha value is -3.35. The van der Waals surface area contributed by atoms with Crippen molar-refractivity contribution in [3.8, 4) is 11.5 Å². The van der Waals surface area contributed by atoms with Crippen molar-refractivity contribution < 1.29 is 44.9 Å². The summed E-state index contributed by atoms with van der Waals surface area (Å²) in [5.74, 6) is -4.56. The molecule has 0 spiro atoms. The van der Waals surface area contributed by atoms with Crippen LogP contribution >= 0.6 is 0 Å². The fraction of sp³-hybridized carbons (Fsp3) is 0.440. The van der Waals surface area contributed by atoms with Gasteiger partial charge in [-0.25, -0.2) is 27.5 Å². The summed E-state index contributed by atoms with van der Waals surface area (Å²) in [5, 5.41) is 3.21.